The largest absolute Gasteiger partial charge is 0.494 e. The summed E-state index contributed by atoms with van der Waals surface area (Å²) < 4.78 is 21.7. The van der Waals surface area contributed by atoms with Crippen LogP contribution in [0.3, 0.4) is 0 Å². The molecule has 4 heteroatoms. The predicted molar refractivity (Wildman–Crippen MR) is 93.4 cm³/mol. The fourth-order valence-electron chi connectivity index (χ4n) is 2.07. The highest BCUT2D eigenvalue weighted by Gasteiger charge is 1.99. The maximum absolute atomic E-state index is 5.71. The highest BCUT2D eigenvalue weighted by atomic mass is 16.5. The van der Waals surface area contributed by atoms with E-state index in [4.69, 9.17) is 18.9 Å². The normalized spacial score (nSPS) is 11.1. The number of benzene rings is 1. The molecular formula is C19H32O4. The van der Waals surface area contributed by atoms with E-state index < -0.39 is 0 Å². The molecule has 0 atom stereocenters. The van der Waals surface area contributed by atoms with Gasteiger partial charge in [0.1, 0.15) is 5.75 Å². The summed E-state index contributed by atoms with van der Waals surface area (Å²) in [5, 5.41) is 0. The summed E-state index contributed by atoms with van der Waals surface area (Å²) in [7, 11) is 1.71. The van der Waals surface area contributed by atoms with Crippen molar-refractivity contribution >= 4 is 0 Å². The molecule has 0 aliphatic carbocycles. The van der Waals surface area contributed by atoms with E-state index in [1.165, 1.54) is 5.56 Å². The van der Waals surface area contributed by atoms with E-state index in [-0.39, 0.29) is 0 Å². The predicted octanol–water partition coefficient (Wildman–Crippen LogP) is 4.04. The Labute approximate surface area is 141 Å². The van der Waals surface area contributed by atoms with Gasteiger partial charge < -0.3 is 18.9 Å². The van der Waals surface area contributed by atoms with Crippen molar-refractivity contribution in [2.45, 2.75) is 39.0 Å². The Balaban J connectivity index is 1.89. The Kier molecular flexibility index (Phi) is 11.6. The molecule has 0 aliphatic rings. The van der Waals surface area contributed by atoms with Gasteiger partial charge in [0.05, 0.1) is 6.61 Å². The topological polar surface area (TPSA) is 36.9 Å². The van der Waals surface area contributed by atoms with Crippen LogP contribution in [0, 0.1) is 0 Å². The highest BCUT2D eigenvalue weighted by molar-refractivity contribution is 5.28. The monoisotopic (exact) mass is 324 g/mol. The molecule has 4 nitrogen and oxygen atoms in total. The van der Waals surface area contributed by atoms with E-state index in [2.05, 4.69) is 26.0 Å². The fourth-order valence-corrected chi connectivity index (χ4v) is 2.07. The average molecular weight is 324 g/mol. The lowest BCUT2D eigenvalue weighted by atomic mass is 10.0. The molecule has 0 spiro atoms. The van der Waals surface area contributed by atoms with Crippen LogP contribution in [0.25, 0.3) is 0 Å². The zero-order valence-electron chi connectivity index (χ0n) is 14.9. The van der Waals surface area contributed by atoms with Crippen molar-refractivity contribution in [3.05, 3.63) is 29.8 Å². The Morgan fingerprint density at radius 3 is 1.78 bits per heavy atom. The summed E-state index contributed by atoms with van der Waals surface area (Å²) >= 11 is 0. The molecule has 0 heterocycles. The second kappa shape index (κ2) is 13.3. The standard InChI is InChI=1S/C19H32O4/c1-17(2)18-7-9-19(10-8-18)23-16-6-15-22-14-5-13-21-12-4-11-20-3/h7-10,17H,4-6,11-16H2,1-3H3. The molecule has 1 aromatic rings. The number of rotatable bonds is 14. The van der Waals surface area contributed by atoms with Crippen molar-refractivity contribution in [2.24, 2.45) is 0 Å². The lowest BCUT2D eigenvalue weighted by molar-refractivity contribution is 0.0681. The fraction of sp³-hybridized carbons (Fsp3) is 0.684. The van der Waals surface area contributed by atoms with Crippen LogP contribution in [-0.2, 0) is 14.2 Å². The molecule has 0 aromatic heterocycles. The van der Waals surface area contributed by atoms with Crippen LogP contribution in [0.4, 0.5) is 0 Å². The summed E-state index contributed by atoms with van der Waals surface area (Å²) in [6.45, 7) is 8.82. The van der Waals surface area contributed by atoms with Crippen molar-refractivity contribution in [1.29, 1.82) is 0 Å². The molecule has 0 N–H and O–H groups in total. The van der Waals surface area contributed by atoms with Crippen LogP contribution in [-0.4, -0.2) is 46.8 Å². The summed E-state index contributed by atoms with van der Waals surface area (Å²) in [6.07, 6.45) is 2.79. The molecule has 1 rings (SSSR count). The second-order valence-electron chi connectivity index (χ2n) is 5.85. The molecule has 0 saturated carbocycles. The minimum Gasteiger partial charge on any atom is -0.494 e. The van der Waals surface area contributed by atoms with E-state index in [1.54, 1.807) is 7.11 Å². The summed E-state index contributed by atoms with van der Waals surface area (Å²) in [5.41, 5.74) is 1.34. The van der Waals surface area contributed by atoms with Gasteiger partial charge in [-0.25, -0.2) is 0 Å². The SMILES string of the molecule is COCCCOCCCOCCCOc1ccc(C(C)C)cc1. The average Bonchev–Trinajstić information content (AvgIpc) is 2.56. The Bertz CT molecular complexity index is 375. The minimum atomic E-state index is 0.557. The highest BCUT2D eigenvalue weighted by Crippen LogP contribution is 2.18. The number of ether oxygens (including phenoxy) is 4. The molecular weight excluding hydrogens is 292 g/mol. The third kappa shape index (κ3) is 10.3. The van der Waals surface area contributed by atoms with Gasteiger partial charge in [-0.05, 0) is 36.5 Å². The van der Waals surface area contributed by atoms with Gasteiger partial charge in [-0.1, -0.05) is 26.0 Å². The summed E-state index contributed by atoms with van der Waals surface area (Å²) in [6, 6.07) is 8.33. The maximum Gasteiger partial charge on any atom is 0.119 e. The van der Waals surface area contributed by atoms with Gasteiger partial charge in [0.25, 0.3) is 0 Å². The van der Waals surface area contributed by atoms with Crippen LogP contribution in [0.15, 0.2) is 24.3 Å². The molecule has 0 fully saturated rings. The molecule has 0 bridgehead atoms. The van der Waals surface area contributed by atoms with Gasteiger partial charge in [-0.2, -0.15) is 0 Å². The van der Waals surface area contributed by atoms with E-state index in [9.17, 15) is 0 Å². The van der Waals surface area contributed by atoms with Crippen LogP contribution >= 0.6 is 0 Å². The maximum atomic E-state index is 5.71. The molecule has 0 aliphatic heterocycles. The second-order valence-corrected chi connectivity index (χ2v) is 5.85. The molecule has 1 aromatic carbocycles. The Morgan fingerprint density at radius 2 is 1.26 bits per heavy atom. The van der Waals surface area contributed by atoms with Gasteiger partial charge in [-0.15, -0.1) is 0 Å². The number of hydrogen-bond acceptors (Lipinski definition) is 4. The lowest BCUT2D eigenvalue weighted by Gasteiger charge is -2.09. The van der Waals surface area contributed by atoms with E-state index in [1.807, 2.05) is 12.1 Å². The lowest BCUT2D eigenvalue weighted by Crippen LogP contribution is -2.06. The summed E-state index contributed by atoms with van der Waals surface area (Å²) in [4.78, 5) is 0. The Morgan fingerprint density at radius 1 is 0.739 bits per heavy atom. The van der Waals surface area contributed by atoms with Crippen LogP contribution < -0.4 is 4.74 Å². The van der Waals surface area contributed by atoms with Gasteiger partial charge in [0, 0.05) is 46.6 Å². The first-order valence-corrected chi connectivity index (χ1v) is 8.61. The van der Waals surface area contributed by atoms with Crippen molar-refractivity contribution < 1.29 is 18.9 Å². The third-order valence-corrected chi connectivity index (χ3v) is 3.46. The first kappa shape index (κ1) is 19.9. The van der Waals surface area contributed by atoms with Crippen LogP contribution in [0.1, 0.15) is 44.6 Å². The number of methoxy groups -OCH3 is 1. The Hall–Kier alpha value is -1.10. The first-order valence-electron chi connectivity index (χ1n) is 8.61. The molecule has 0 unspecified atom stereocenters. The van der Waals surface area contributed by atoms with E-state index in [0.717, 1.165) is 58.0 Å². The number of hydrogen-bond donors (Lipinski definition) is 0. The summed E-state index contributed by atoms with van der Waals surface area (Å²) in [5.74, 6) is 1.49. The minimum absolute atomic E-state index is 0.557. The van der Waals surface area contributed by atoms with Gasteiger partial charge in [0.15, 0.2) is 0 Å². The smallest absolute Gasteiger partial charge is 0.119 e. The van der Waals surface area contributed by atoms with Crippen molar-refractivity contribution in [3.63, 3.8) is 0 Å². The zero-order chi connectivity index (χ0) is 16.8. The third-order valence-electron chi connectivity index (χ3n) is 3.46. The molecule has 0 radical (unpaired) electrons. The zero-order valence-corrected chi connectivity index (χ0v) is 14.9. The molecule has 132 valence electrons. The molecule has 0 saturated heterocycles. The van der Waals surface area contributed by atoms with Crippen LogP contribution in [0.2, 0.25) is 0 Å². The van der Waals surface area contributed by atoms with Gasteiger partial charge in [0.2, 0.25) is 0 Å². The molecule has 23 heavy (non-hydrogen) atoms. The van der Waals surface area contributed by atoms with Crippen molar-refractivity contribution in [2.75, 3.05) is 46.8 Å². The molecule has 0 amide bonds. The first-order chi connectivity index (χ1) is 11.2. The van der Waals surface area contributed by atoms with Crippen LogP contribution in [0.5, 0.6) is 5.75 Å². The van der Waals surface area contributed by atoms with E-state index >= 15 is 0 Å². The van der Waals surface area contributed by atoms with Crippen molar-refractivity contribution in [1.82, 2.24) is 0 Å². The van der Waals surface area contributed by atoms with Gasteiger partial charge in [-0.3, -0.25) is 0 Å². The van der Waals surface area contributed by atoms with Crippen molar-refractivity contribution in [3.8, 4) is 5.75 Å². The quantitative estimate of drug-likeness (QED) is 0.484. The van der Waals surface area contributed by atoms with E-state index in [0.29, 0.717) is 12.5 Å². The van der Waals surface area contributed by atoms with Gasteiger partial charge >= 0.3 is 0 Å².